The van der Waals surface area contributed by atoms with Crippen LogP contribution in [0.15, 0.2) is 24.5 Å². The van der Waals surface area contributed by atoms with Crippen LogP contribution in [0.2, 0.25) is 0 Å². The van der Waals surface area contributed by atoms with Gasteiger partial charge >= 0.3 is 6.55 Å². The number of anilines is 1. The van der Waals surface area contributed by atoms with Gasteiger partial charge in [0.05, 0.1) is 6.54 Å². The quantitative estimate of drug-likeness (QED) is 0.686. The lowest BCUT2D eigenvalue weighted by Crippen LogP contribution is -2.09. The monoisotopic (exact) mass is 277 g/mol. The number of nitrogens with one attached hydrogen (secondary N) is 1. The molecule has 2 aromatic rings. The van der Waals surface area contributed by atoms with E-state index in [4.69, 9.17) is 0 Å². The van der Waals surface area contributed by atoms with Crippen molar-refractivity contribution in [3.63, 3.8) is 0 Å². The standard InChI is InChI=1S/C11H8F5N3/c12-7-3-6(4-8(13)10(7)14)18-5-9-17-1-2-19(9)11(15)16/h1-4,11,18H,5H2. The van der Waals surface area contributed by atoms with Gasteiger partial charge in [-0.2, -0.15) is 8.78 Å². The van der Waals surface area contributed by atoms with E-state index in [9.17, 15) is 22.0 Å². The number of hydrogen-bond acceptors (Lipinski definition) is 2. The number of nitrogens with zero attached hydrogens (tertiary/aromatic N) is 2. The first-order valence-corrected chi connectivity index (χ1v) is 5.17. The SMILES string of the molecule is Fc1cc(NCc2nccn2C(F)F)cc(F)c1F. The molecule has 0 spiro atoms. The molecule has 0 saturated heterocycles. The molecule has 3 nitrogen and oxygen atoms in total. The number of hydrogen-bond donors (Lipinski definition) is 1. The maximum Gasteiger partial charge on any atom is 0.319 e. The number of alkyl halides is 2. The Morgan fingerprint density at radius 2 is 1.79 bits per heavy atom. The summed E-state index contributed by atoms with van der Waals surface area (Å²) < 4.78 is 64.1. The highest BCUT2D eigenvalue weighted by Gasteiger charge is 2.13. The summed E-state index contributed by atoms with van der Waals surface area (Å²) in [5.74, 6) is -4.32. The molecule has 0 aliphatic carbocycles. The number of rotatable bonds is 4. The van der Waals surface area contributed by atoms with Gasteiger partial charge in [0.2, 0.25) is 0 Å². The molecule has 1 heterocycles. The fourth-order valence-electron chi connectivity index (χ4n) is 1.50. The van der Waals surface area contributed by atoms with E-state index < -0.39 is 24.0 Å². The molecule has 0 bridgehead atoms. The van der Waals surface area contributed by atoms with E-state index in [2.05, 4.69) is 10.3 Å². The van der Waals surface area contributed by atoms with E-state index in [-0.39, 0.29) is 18.1 Å². The molecule has 0 unspecified atom stereocenters. The molecule has 0 aliphatic rings. The molecule has 0 aliphatic heterocycles. The summed E-state index contributed by atoms with van der Waals surface area (Å²) in [6, 6.07) is 1.46. The summed E-state index contributed by atoms with van der Waals surface area (Å²) in [6.45, 7) is -2.94. The first kappa shape index (κ1) is 13.3. The van der Waals surface area contributed by atoms with Crippen LogP contribution < -0.4 is 5.32 Å². The fraction of sp³-hybridized carbons (Fsp3) is 0.182. The van der Waals surface area contributed by atoms with Crippen molar-refractivity contribution < 1.29 is 22.0 Å². The third kappa shape index (κ3) is 2.83. The third-order valence-corrected chi connectivity index (χ3v) is 2.39. The van der Waals surface area contributed by atoms with Gasteiger partial charge in [-0.25, -0.2) is 18.2 Å². The molecule has 0 saturated carbocycles. The Hall–Kier alpha value is -2.12. The van der Waals surface area contributed by atoms with Gasteiger partial charge in [-0.3, -0.25) is 4.57 Å². The molecule has 102 valence electrons. The Morgan fingerprint density at radius 1 is 1.16 bits per heavy atom. The highest BCUT2D eigenvalue weighted by atomic mass is 19.3. The first-order valence-electron chi connectivity index (χ1n) is 5.17. The van der Waals surface area contributed by atoms with Crippen LogP contribution in [0.5, 0.6) is 0 Å². The Morgan fingerprint density at radius 3 is 2.37 bits per heavy atom. The molecule has 19 heavy (non-hydrogen) atoms. The normalized spacial score (nSPS) is 11.1. The molecular formula is C11H8F5N3. The van der Waals surface area contributed by atoms with Crippen LogP contribution in [0.3, 0.4) is 0 Å². The minimum absolute atomic E-state index is 0.0138. The van der Waals surface area contributed by atoms with Crippen molar-refractivity contribution >= 4 is 5.69 Å². The van der Waals surface area contributed by atoms with E-state index in [0.717, 1.165) is 18.3 Å². The van der Waals surface area contributed by atoms with E-state index in [1.165, 1.54) is 6.20 Å². The van der Waals surface area contributed by atoms with Crippen molar-refractivity contribution in [2.45, 2.75) is 13.1 Å². The van der Waals surface area contributed by atoms with E-state index in [1.54, 1.807) is 0 Å². The van der Waals surface area contributed by atoms with Crippen molar-refractivity contribution in [2.24, 2.45) is 0 Å². The lowest BCUT2D eigenvalue weighted by molar-refractivity contribution is 0.0673. The van der Waals surface area contributed by atoms with Gasteiger partial charge in [0.15, 0.2) is 17.5 Å². The molecule has 8 heteroatoms. The van der Waals surface area contributed by atoms with E-state index >= 15 is 0 Å². The molecule has 1 aromatic carbocycles. The Labute approximate surface area is 104 Å². The summed E-state index contributed by atoms with van der Waals surface area (Å²) in [6.07, 6.45) is 2.25. The third-order valence-electron chi connectivity index (χ3n) is 2.39. The predicted octanol–water partition coefficient (Wildman–Crippen LogP) is 3.31. The van der Waals surface area contributed by atoms with Crippen molar-refractivity contribution in [3.8, 4) is 0 Å². The van der Waals surface area contributed by atoms with Gasteiger partial charge in [-0.1, -0.05) is 0 Å². The first-order chi connectivity index (χ1) is 8.99. The van der Waals surface area contributed by atoms with Gasteiger partial charge in [0.1, 0.15) is 5.82 Å². The van der Waals surface area contributed by atoms with Crippen LogP contribution in [-0.2, 0) is 6.54 Å². The zero-order valence-corrected chi connectivity index (χ0v) is 9.38. The van der Waals surface area contributed by atoms with Crippen LogP contribution in [0.25, 0.3) is 0 Å². The maximum absolute atomic E-state index is 12.9. The number of halogens is 5. The highest BCUT2D eigenvalue weighted by Crippen LogP contribution is 2.19. The number of aromatic nitrogens is 2. The van der Waals surface area contributed by atoms with E-state index in [0.29, 0.717) is 4.57 Å². The summed E-state index contributed by atoms with van der Waals surface area (Å²) in [7, 11) is 0. The summed E-state index contributed by atoms with van der Waals surface area (Å²) in [5.41, 5.74) is -0.0692. The topological polar surface area (TPSA) is 29.9 Å². The molecule has 0 fully saturated rings. The van der Waals surface area contributed by atoms with Gasteiger partial charge in [-0.15, -0.1) is 0 Å². The Balaban J connectivity index is 2.13. The van der Waals surface area contributed by atoms with Gasteiger partial charge < -0.3 is 5.32 Å². The van der Waals surface area contributed by atoms with Gasteiger partial charge in [-0.05, 0) is 0 Å². The molecule has 1 aromatic heterocycles. The van der Waals surface area contributed by atoms with Crippen molar-refractivity contribution in [1.82, 2.24) is 9.55 Å². The molecule has 2 rings (SSSR count). The number of benzene rings is 1. The second-order valence-corrected chi connectivity index (χ2v) is 3.64. The van der Waals surface area contributed by atoms with Gasteiger partial charge in [0, 0.05) is 30.2 Å². The average Bonchev–Trinajstić information content (AvgIpc) is 2.81. The summed E-state index contributed by atoms with van der Waals surface area (Å²) >= 11 is 0. The van der Waals surface area contributed by atoms with Crippen LogP contribution in [0.4, 0.5) is 27.6 Å². The van der Waals surface area contributed by atoms with Crippen molar-refractivity contribution in [1.29, 1.82) is 0 Å². The molecule has 1 N–H and O–H groups in total. The average molecular weight is 277 g/mol. The highest BCUT2D eigenvalue weighted by molar-refractivity contribution is 5.44. The number of imidazole rings is 1. The fourth-order valence-corrected chi connectivity index (χ4v) is 1.50. The van der Waals surface area contributed by atoms with Crippen LogP contribution in [0.1, 0.15) is 12.4 Å². The lowest BCUT2D eigenvalue weighted by atomic mass is 10.3. The summed E-state index contributed by atoms with van der Waals surface area (Å²) in [5, 5.41) is 2.49. The van der Waals surface area contributed by atoms with Crippen molar-refractivity contribution in [2.75, 3.05) is 5.32 Å². The molecular weight excluding hydrogens is 269 g/mol. The smallest absolute Gasteiger partial charge is 0.319 e. The summed E-state index contributed by atoms with van der Waals surface area (Å²) in [4.78, 5) is 3.67. The van der Waals surface area contributed by atoms with Gasteiger partial charge in [0.25, 0.3) is 0 Å². The Kier molecular flexibility index (Phi) is 3.68. The van der Waals surface area contributed by atoms with Crippen LogP contribution in [0, 0.1) is 17.5 Å². The maximum atomic E-state index is 12.9. The molecule has 0 radical (unpaired) electrons. The van der Waals surface area contributed by atoms with Crippen LogP contribution in [-0.4, -0.2) is 9.55 Å². The molecule has 0 amide bonds. The largest absolute Gasteiger partial charge is 0.378 e. The van der Waals surface area contributed by atoms with Crippen molar-refractivity contribution in [3.05, 3.63) is 47.8 Å². The zero-order valence-electron chi connectivity index (χ0n) is 9.38. The Bertz CT molecular complexity index is 558. The predicted molar refractivity (Wildman–Crippen MR) is 57.1 cm³/mol. The van der Waals surface area contributed by atoms with Crippen LogP contribution >= 0.6 is 0 Å². The molecule has 0 atom stereocenters. The zero-order chi connectivity index (χ0) is 14.0. The minimum atomic E-state index is -2.76. The lowest BCUT2D eigenvalue weighted by Gasteiger charge is -2.09. The second kappa shape index (κ2) is 5.25. The van der Waals surface area contributed by atoms with E-state index in [1.807, 2.05) is 0 Å². The minimum Gasteiger partial charge on any atom is -0.378 e. The second-order valence-electron chi connectivity index (χ2n) is 3.64.